The van der Waals surface area contributed by atoms with Crippen molar-refractivity contribution in [1.29, 1.82) is 0 Å². The van der Waals surface area contributed by atoms with Gasteiger partial charge in [-0.15, -0.1) is 0 Å². The number of carbonyl (C=O) groups is 2. The molecule has 0 aliphatic heterocycles. The number of hydrogen-bond donors (Lipinski definition) is 2. The lowest BCUT2D eigenvalue weighted by molar-refractivity contribution is -0.145. The molecule has 11 heteroatoms. The largest absolute Gasteiger partial charge is 0.491 e. The van der Waals surface area contributed by atoms with E-state index in [1.807, 2.05) is 6.92 Å². The molecule has 1 amide bonds. The molecule has 0 saturated heterocycles. The third-order valence-corrected chi connectivity index (χ3v) is 5.46. The number of rotatable bonds is 18. The molecule has 1 rings (SSSR count). The zero-order valence-electron chi connectivity index (χ0n) is 23.7. The van der Waals surface area contributed by atoms with Crippen LogP contribution >= 0.6 is 0 Å². The molecule has 2 unspecified atom stereocenters. The van der Waals surface area contributed by atoms with Gasteiger partial charge < -0.3 is 38.6 Å². The molecular weight excluding hydrogens is 498 g/mol. The van der Waals surface area contributed by atoms with Gasteiger partial charge in [0.2, 0.25) is 0 Å². The van der Waals surface area contributed by atoms with Crippen molar-refractivity contribution in [3.63, 3.8) is 0 Å². The minimum Gasteiger partial charge on any atom is -0.491 e. The highest BCUT2D eigenvalue weighted by Gasteiger charge is 2.42. The normalized spacial score (nSPS) is 13.6. The summed E-state index contributed by atoms with van der Waals surface area (Å²) in [7, 11) is 1.42. The van der Waals surface area contributed by atoms with Gasteiger partial charge in [0.25, 0.3) is 0 Å². The number of aliphatic hydroxyl groups excluding tert-OH is 1. The summed E-state index contributed by atoms with van der Waals surface area (Å²) in [5.74, 6) is -0.590. The molecule has 0 aliphatic rings. The summed E-state index contributed by atoms with van der Waals surface area (Å²) >= 11 is 0. The van der Waals surface area contributed by atoms with Gasteiger partial charge in [0.1, 0.15) is 24.0 Å². The zero-order valence-corrected chi connectivity index (χ0v) is 23.7. The number of aliphatic hydroxyl groups is 1. The van der Waals surface area contributed by atoms with Crippen LogP contribution in [0.1, 0.15) is 47.1 Å². The van der Waals surface area contributed by atoms with Crippen molar-refractivity contribution in [3.05, 3.63) is 29.8 Å². The first kappa shape index (κ1) is 33.6. The molecule has 0 saturated carbocycles. The Morgan fingerprint density at radius 1 is 0.895 bits per heavy atom. The van der Waals surface area contributed by atoms with E-state index in [0.29, 0.717) is 44.3 Å². The first-order valence-electron chi connectivity index (χ1n) is 12.7. The fourth-order valence-electron chi connectivity index (χ4n) is 3.59. The Hall–Kier alpha value is -2.44. The van der Waals surface area contributed by atoms with Crippen molar-refractivity contribution >= 4 is 12.1 Å². The van der Waals surface area contributed by atoms with E-state index in [9.17, 15) is 19.8 Å². The van der Waals surface area contributed by atoms with E-state index < -0.39 is 35.4 Å². The van der Waals surface area contributed by atoms with Crippen LogP contribution in [0.25, 0.3) is 0 Å². The number of nitrogens with zero attached hydrogens (tertiary/aromatic N) is 1. The van der Waals surface area contributed by atoms with Gasteiger partial charge in [0, 0.05) is 19.1 Å². The van der Waals surface area contributed by atoms with Crippen LogP contribution in [0.15, 0.2) is 24.3 Å². The van der Waals surface area contributed by atoms with E-state index in [0.717, 1.165) is 4.90 Å². The minimum absolute atomic E-state index is 0.0150. The van der Waals surface area contributed by atoms with Crippen LogP contribution in [-0.2, 0) is 33.9 Å². The fraction of sp³-hybridized carbons (Fsp3) is 0.704. The standard InChI is InChI=1S/C27H45NO10/c1-8-33-13-14-34-15-16-35-19-22(29)37-18-17-36-21-11-9-20(10-12-21)27(5,6)23(24(30)31)28(7)25(32)38-26(2,3)4/h9-12,22-23,29H,8,13-19H2,1-7H3,(H,30,31). The summed E-state index contributed by atoms with van der Waals surface area (Å²) in [5.41, 5.74) is -0.973. The van der Waals surface area contributed by atoms with E-state index >= 15 is 0 Å². The Bertz CT molecular complexity index is 822. The van der Waals surface area contributed by atoms with Gasteiger partial charge in [-0.3, -0.25) is 4.90 Å². The number of likely N-dealkylation sites (N-methyl/N-ethyl adjacent to an activating group) is 1. The molecule has 38 heavy (non-hydrogen) atoms. The number of carboxylic acid groups (broad SMARTS) is 1. The third kappa shape index (κ3) is 12.4. The van der Waals surface area contributed by atoms with Crippen molar-refractivity contribution in [2.24, 2.45) is 0 Å². The lowest BCUT2D eigenvalue weighted by Gasteiger charge is -2.38. The summed E-state index contributed by atoms with van der Waals surface area (Å²) in [6, 6.07) is 5.79. The monoisotopic (exact) mass is 543 g/mol. The average Bonchev–Trinajstić information content (AvgIpc) is 2.82. The Kier molecular flexibility index (Phi) is 14.6. The maximum absolute atomic E-state index is 12.5. The van der Waals surface area contributed by atoms with E-state index in [1.165, 1.54) is 7.05 Å². The van der Waals surface area contributed by atoms with Crippen LogP contribution < -0.4 is 4.74 Å². The van der Waals surface area contributed by atoms with E-state index in [4.69, 9.17) is 28.4 Å². The lowest BCUT2D eigenvalue weighted by atomic mass is 9.77. The summed E-state index contributed by atoms with van der Waals surface area (Å²) in [5, 5.41) is 19.8. The number of ether oxygens (including phenoxy) is 6. The maximum atomic E-state index is 12.5. The second-order valence-corrected chi connectivity index (χ2v) is 10.1. The summed E-state index contributed by atoms with van der Waals surface area (Å²) in [4.78, 5) is 25.8. The molecule has 2 atom stereocenters. The van der Waals surface area contributed by atoms with Crippen LogP contribution in [-0.4, -0.2) is 105 Å². The van der Waals surface area contributed by atoms with E-state index in [2.05, 4.69) is 0 Å². The second kappa shape index (κ2) is 16.5. The van der Waals surface area contributed by atoms with Gasteiger partial charge >= 0.3 is 12.1 Å². The number of aliphatic carboxylic acids is 1. The SMILES string of the molecule is CCOCCOCCOCC(O)OCCOc1ccc(C(C)(C)C(C(=O)O)N(C)C(=O)OC(C)(C)C)cc1. The second-order valence-electron chi connectivity index (χ2n) is 10.1. The van der Waals surface area contributed by atoms with Crippen molar-refractivity contribution in [3.8, 4) is 5.75 Å². The molecule has 0 aromatic heterocycles. The van der Waals surface area contributed by atoms with E-state index in [-0.39, 0.29) is 19.8 Å². The van der Waals surface area contributed by atoms with Crippen LogP contribution in [0.5, 0.6) is 5.75 Å². The van der Waals surface area contributed by atoms with Crippen molar-refractivity contribution in [2.45, 2.75) is 64.9 Å². The van der Waals surface area contributed by atoms with Gasteiger partial charge in [-0.1, -0.05) is 26.0 Å². The Labute approximate surface area is 225 Å². The van der Waals surface area contributed by atoms with Gasteiger partial charge in [-0.2, -0.15) is 0 Å². The molecule has 0 heterocycles. The molecular formula is C27H45NO10. The lowest BCUT2D eigenvalue weighted by Crippen LogP contribution is -2.54. The molecule has 218 valence electrons. The fourth-order valence-corrected chi connectivity index (χ4v) is 3.59. The molecule has 1 aromatic carbocycles. The molecule has 0 fully saturated rings. The summed E-state index contributed by atoms with van der Waals surface area (Å²) in [6.45, 7) is 13.4. The molecule has 0 aliphatic carbocycles. The number of carboxylic acids is 1. The minimum atomic E-state index is -1.16. The van der Waals surface area contributed by atoms with Crippen LogP contribution in [0.2, 0.25) is 0 Å². The number of carbonyl (C=O) groups excluding carboxylic acids is 1. The Morgan fingerprint density at radius 2 is 1.47 bits per heavy atom. The van der Waals surface area contributed by atoms with E-state index in [1.54, 1.807) is 58.9 Å². The summed E-state index contributed by atoms with van der Waals surface area (Å²) in [6.07, 6.45) is -1.79. The molecule has 2 N–H and O–H groups in total. The molecule has 11 nitrogen and oxygen atoms in total. The highest BCUT2D eigenvalue weighted by molar-refractivity contribution is 5.82. The average molecular weight is 544 g/mol. The first-order chi connectivity index (χ1) is 17.8. The topological polar surface area (TPSA) is 133 Å². The number of benzene rings is 1. The highest BCUT2D eigenvalue weighted by Crippen LogP contribution is 2.32. The quantitative estimate of drug-likeness (QED) is 0.210. The maximum Gasteiger partial charge on any atom is 0.410 e. The van der Waals surface area contributed by atoms with Crippen molar-refractivity contribution in [1.82, 2.24) is 4.90 Å². The third-order valence-electron chi connectivity index (χ3n) is 5.46. The smallest absolute Gasteiger partial charge is 0.410 e. The first-order valence-corrected chi connectivity index (χ1v) is 12.7. The zero-order chi connectivity index (χ0) is 28.8. The molecule has 0 bridgehead atoms. The van der Waals surface area contributed by atoms with Gasteiger partial charge in [-0.05, 0) is 45.4 Å². The predicted molar refractivity (Wildman–Crippen MR) is 140 cm³/mol. The molecule has 0 radical (unpaired) electrons. The van der Waals surface area contributed by atoms with Crippen LogP contribution in [0, 0.1) is 0 Å². The predicted octanol–water partition coefficient (Wildman–Crippen LogP) is 3.07. The van der Waals surface area contributed by atoms with Gasteiger partial charge in [0.15, 0.2) is 6.29 Å². The highest BCUT2D eigenvalue weighted by atomic mass is 16.6. The van der Waals surface area contributed by atoms with Gasteiger partial charge in [0.05, 0.1) is 39.6 Å². The van der Waals surface area contributed by atoms with Gasteiger partial charge in [-0.25, -0.2) is 9.59 Å². The van der Waals surface area contributed by atoms with Crippen LogP contribution in [0.4, 0.5) is 4.79 Å². The van der Waals surface area contributed by atoms with Crippen molar-refractivity contribution < 1.29 is 48.2 Å². The number of amides is 1. The molecule has 1 aromatic rings. The summed E-state index contributed by atoms with van der Waals surface area (Å²) < 4.78 is 32.1. The van der Waals surface area contributed by atoms with Crippen molar-refractivity contribution in [2.75, 3.05) is 59.9 Å². The number of hydrogen-bond acceptors (Lipinski definition) is 9. The van der Waals surface area contributed by atoms with Crippen LogP contribution in [0.3, 0.4) is 0 Å². The molecule has 0 spiro atoms. The Balaban J connectivity index is 2.50. The Morgan fingerprint density at radius 3 is 2.03 bits per heavy atom.